The van der Waals surface area contributed by atoms with Crippen LogP contribution < -0.4 is 5.73 Å². The van der Waals surface area contributed by atoms with Crippen molar-refractivity contribution in [2.45, 2.75) is 38.5 Å². The number of nitrogens with zero attached hydrogens (tertiary/aromatic N) is 4. The maximum absolute atomic E-state index is 5.76. The van der Waals surface area contributed by atoms with Gasteiger partial charge in [0.2, 0.25) is 5.89 Å². The predicted octanol–water partition coefficient (Wildman–Crippen LogP) is 2.07. The fraction of sp³-hybridized carbons (Fsp3) is 0.571. The van der Waals surface area contributed by atoms with E-state index in [1.807, 2.05) is 6.92 Å². The minimum absolute atomic E-state index is 0.359. The summed E-state index contributed by atoms with van der Waals surface area (Å²) < 4.78 is 5.76. The monoisotopic (exact) mass is 273 g/mol. The van der Waals surface area contributed by atoms with E-state index in [0.717, 1.165) is 43.8 Å². The van der Waals surface area contributed by atoms with Gasteiger partial charge in [0.25, 0.3) is 5.89 Å². The molecule has 1 fully saturated rings. The second-order valence-corrected chi connectivity index (χ2v) is 5.44. The van der Waals surface area contributed by atoms with Crippen LogP contribution in [0.5, 0.6) is 0 Å². The van der Waals surface area contributed by atoms with E-state index in [-0.39, 0.29) is 0 Å². The third kappa shape index (κ3) is 2.70. The van der Waals surface area contributed by atoms with Crippen molar-refractivity contribution in [3.8, 4) is 11.6 Å². The molecular weight excluding hydrogens is 254 g/mol. The van der Waals surface area contributed by atoms with E-state index in [4.69, 9.17) is 10.2 Å². The van der Waals surface area contributed by atoms with Gasteiger partial charge in [-0.1, -0.05) is 0 Å². The van der Waals surface area contributed by atoms with Gasteiger partial charge < -0.3 is 10.2 Å². The zero-order valence-corrected chi connectivity index (χ0v) is 11.6. The molecule has 0 aliphatic heterocycles. The normalized spacial score (nSPS) is 22.9. The third-order valence-corrected chi connectivity index (χ3v) is 3.97. The molecule has 0 bridgehead atoms. The molecule has 3 rings (SSSR count). The smallest absolute Gasteiger partial charge is 0.267 e. The lowest BCUT2D eigenvalue weighted by Gasteiger charge is -2.25. The average Bonchev–Trinajstić information content (AvgIpc) is 2.98. The molecule has 0 amide bonds. The van der Waals surface area contributed by atoms with Crippen LogP contribution in [0, 0.1) is 12.8 Å². The van der Waals surface area contributed by atoms with Gasteiger partial charge in [-0.3, -0.25) is 4.98 Å². The molecule has 2 N–H and O–H groups in total. The topological polar surface area (TPSA) is 90.7 Å². The van der Waals surface area contributed by atoms with Crippen LogP contribution in [0.3, 0.4) is 0 Å². The molecule has 0 saturated heterocycles. The highest BCUT2D eigenvalue weighted by Gasteiger charge is 2.26. The lowest BCUT2D eigenvalue weighted by molar-refractivity contribution is 0.299. The Balaban J connectivity index is 1.72. The van der Waals surface area contributed by atoms with E-state index in [1.165, 1.54) is 0 Å². The molecule has 0 atom stereocenters. The molecular formula is C14H19N5O. The quantitative estimate of drug-likeness (QED) is 0.920. The summed E-state index contributed by atoms with van der Waals surface area (Å²) in [5.41, 5.74) is 7.21. The molecule has 1 aliphatic carbocycles. The lowest BCUT2D eigenvalue weighted by Crippen LogP contribution is -2.20. The molecule has 1 aliphatic rings. The van der Waals surface area contributed by atoms with Gasteiger partial charge in [0.05, 0.1) is 11.9 Å². The van der Waals surface area contributed by atoms with Gasteiger partial charge in [-0.25, -0.2) is 4.98 Å². The van der Waals surface area contributed by atoms with Crippen LogP contribution in [0.25, 0.3) is 11.6 Å². The average molecular weight is 273 g/mol. The number of aryl methyl sites for hydroxylation is 1. The maximum atomic E-state index is 5.76. The summed E-state index contributed by atoms with van der Waals surface area (Å²) in [6.07, 6.45) is 7.79. The molecule has 0 radical (unpaired) electrons. The Labute approximate surface area is 117 Å². The van der Waals surface area contributed by atoms with Gasteiger partial charge in [0.15, 0.2) is 0 Å². The van der Waals surface area contributed by atoms with Crippen molar-refractivity contribution in [2.75, 3.05) is 6.54 Å². The summed E-state index contributed by atoms with van der Waals surface area (Å²) in [7, 11) is 0. The van der Waals surface area contributed by atoms with Gasteiger partial charge in [0.1, 0.15) is 5.69 Å². The zero-order valence-electron chi connectivity index (χ0n) is 11.6. The van der Waals surface area contributed by atoms with Gasteiger partial charge in [-0.2, -0.15) is 0 Å². The Bertz CT molecular complexity index is 557. The minimum atomic E-state index is 0.359. The Morgan fingerprint density at radius 2 is 1.95 bits per heavy atom. The summed E-state index contributed by atoms with van der Waals surface area (Å²) >= 11 is 0. The summed E-state index contributed by atoms with van der Waals surface area (Å²) in [4.78, 5) is 8.45. The molecule has 0 spiro atoms. The molecule has 0 aromatic carbocycles. The Hall–Kier alpha value is -1.82. The van der Waals surface area contributed by atoms with Crippen molar-refractivity contribution in [2.24, 2.45) is 11.7 Å². The first kappa shape index (κ1) is 13.2. The van der Waals surface area contributed by atoms with E-state index in [9.17, 15) is 0 Å². The van der Waals surface area contributed by atoms with Crippen LogP contribution in [0.4, 0.5) is 0 Å². The standard InChI is InChI=1S/C14H19N5O/c1-9-7-17-12(8-16-9)14-19-18-13(20-14)11-4-2-10(6-15)3-5-11/h7-8,10-11H,2-6,15H2,1H3. The summed E-state index contributed by atoms with van der Waals surface area (Å²) in [6.45, 7) is 2.67. The molecule has 2 aromatic rings. The zero-order chi connectivity index (χ0) is 13.9. The van der Waals surface area contributed by atoms with E-state index in [1.54, 1.807) is 12.4 Å². The molecule has 1 saturated carbocycles. The highest BCUT2D eigenvalue weighted by Crippen LogP contribution is 2.35. The fourth-order valence-corrected chi connectivity index (χ4v) is 2.65. The van der Waals surface area contributed by atoms with Crippen molar-refractivity contribution in [3.05, 3.63) is 24.0 Å². The Morgan fingerprint density at radius 1 is 1.15 bits per heavy atom. The van der Waals surface area contributed by atoms with Crippen LogP contribution >= 0.6 is 0 Å². The van der Waals surface area contributed by atoms with Crippen LogP contribution in [0.1, 0.15) is 43.2 Å². The van der Waals surface area contributed by atoms with E-state index < -0.39 is 0 Å². The summed E-state index contributed by atoms with van der Waals surface area (Å²) in [5, 5.41) is 8.26. The van der Waals surface area contributed by atoms with Gasteiger partial charge in [-0.15, -0.1) is 10.2 Å². The van der Waals surface area contributed by atoms with Crippen molar-refractivity contribution in [1.29, 1.82) is 0 Å². The van der Waals surface area contributed by atoms with Crippen LogP contribution in [0.2, 0.25) is 0 Å². The van der Waals surface area contributed by atoms with Crippen molar-refractivity contribution in [1.82, 2.24) is 20.2 Å². The van der Waals surface area contributed by atoms with Crippen molar-refractivity contribution in [3.63, 3.8) is 0 Å². The minimum Gasteiger partial charge on any atom is -0.419 e. The molecule has 6 nitrogen and oxygen atoms in total. The second-order valence-electron chi connectivity index (χ2n) is 5.44. The summed E-state index contributed by atoms with van der Waals surface area (Å²) in [6, 6.07) is 0. The second kappa shape index (κ2) is 5.66. The van der Waals surface area contributed by atoms with Crippen LogP contribution in [-0.4, -0.2) is 26.7 Å². The molecule has 2 aromatic heterocycles. The third-order valence-electron chi connectivity index (χ3n) is 3.97. The van der Waals surface area contributed by atoms with Crippen LogP contribution in [-0.2, 0) is 0 Å². The van der Waals surface area contributed by atoms with Crippen molar-refractivity contribution < 1.29 is 4.42 Å². The number of aromatic nitrogens is 4. The molecule has 0 unspecified atom stereocenters. The number of hydrogen-bond donors (Lipinski definition) is 1. The first-order valence-electron chi connectivity index (χ1n) is 7.08. The SMILES string of the molecule is Cc1cnc(-c2nnc(C3CCC(CN)CC3)o2)cn1. The van der Waals surface area contributed by atoms with Crippen molar-refractivity contribution >= 4 is 0 Å². The van der Waals surface area contributed by atoms with E-state index in [2.05, 4.69) is 20.2 Å². The first-order valence-corrected chi connectivity index (χ1v) is 7.08. The molecule has 20 heavy (non-hydrogen) atoms. The van der Waals surface area contributed by atoms with E-state index in [0.29, 0.717) is 23.4 Å². The molecule has 2 heterocycles. The van der Waals surface area contributed by atoms with Gasteiger partial charge in [0, 0.05) is 12.1 Å². The highest BCUT2D eigenvalue weighted by atomic mass is 16.4. The molecule has 6 heteroatoms. The van der Waals surface area contributed by atoms with Gasteiger partial charge in [-0.05, 0) is 45.1 Å². The Morgan fingerprint density at radius 3 is 2.60 bits per heavy atom. The van der Waals surface area contributed by atoms with E-state index >= 15 is 0 Å². The number of hydrogen-bond acceptors (Lipinski definition) is 6. The maximum Gasteiger partial charge on any atom is 0.267 e. The Kier molecular flexibility index (Phi) is 3.73. The fourth-order valence-electron chi connectivity index (χ4n) is 2.65. The highest BCUT2D eigenvalue weighted by molar-refractivity contribution is 5.43. The number of rotatable bonds is 3. The van der Waals surface area contributed by atoms with Gasteiger partial charge >= 0.3 is 0 Å². The first-order chi connectivity index (χ1) is 9.76. The van der Waals surface area contributed by atoms with Crippen LogP contribution in [0.15, 0.2) is 16.8 Å². The molecule has 106 valence electrons. The largest absolute Gasteiger partial charge is 0.419 e. The predicted molar refractivity (Wildman–Crippen MR) is 73.8 cm³/mol. The number of nitrogens with two attached hydrogens (primary N) is 1. The lowest BCUT2D eigenvalue weighted by atomic mass is 9.82. The summed E-state index contributed by atoms with van der Waals surface area (Å²) in [5.74, 6) is 2.18.